The lowest BCUT2D eigenvalue weighted by Gasteiger charge is -2.23. The summed E-state index contributed by atoms with van der Waals surface area (Å²) < 4.78 is 8.20. The van der Waals surface area contributed by atoms with Gasteiger partial charge in [0.15, 0.2) is 0 Å². The average molecular weight is 302 g/mol. The van der Waals surface area contributed by atoms with Gasteiger partial charge in [-0.3, -0.25) is 4.79 Å². The van der Waals surface area contributed by atoms with Gasteiger partial charge in [0.05, 0.1) is 12.7 Å². The standard InChI is InChI=1S/C11H16BrN3O2/c1-15-7-8(12)4-10(15)11(16)14-6-9-5-13-2-3-17-9/h4,7,9,13H,2-3,5-6H2,1H3,(H,14,16). The van der Waals surface area contributed by atoms with Gasteiger partial charge in [-0.15, -0.1) is 0 Å². The maximum Gasteiger partial charge on any atom is 0.268 e. The number of morpholine rings is 1. The molecule has 0 aromatic carbocycles. The summed E-state index contributed by atoms with van der Waals surface area (Å²) >= 11 is 3.34. The van der Waals surface area contributed by atoms with E-state index >= 15 is 0 Å². The Morgan fingerprint density at radius 3 is 3.18 bits per heavy atom. The van der Waals surface area contributed by atoms with Crippen molar-refractivity contribution in [2.45, 2.75) is 6.10 Å². The summed E-state index contributed by atoms with van der Waals surface area (Å²) in [5, 5.41) is 6.10. The van der Waals surface area contributed by atoms with Crippen LogP contribution in [0.15, 0.2) is 16.7 Å². The molecule has 2 N–H and O–H groups in total. The van der Waals surface area contributed by atoms with Gasteiger partial charge >= 0.3 is 0 Å². The molecule has 1 saturated heterocycles. The van der Waals surface area contributed by atoms with E-state index in [0.29, 0.717) is 18.8 Å². The fourth-order valence-corrected chi connectivity index (χ4v) is 2.32. The van der Waals surface area contributed by atoms with Crippen LogP contribution < -0.4 is 10.6 Å². The summed E-state index contributed by atoms with van der Waals surface area (Å²) in [5.41, 5.74) is 0.639. The predicted molar refractivity (Wildman–Crippen MR) is 68.1 cm³/mol. The van der Waals surface area contributed by atoms with Gasteiger partial charge < -0.3 is 19.9 Å². The Balaban J connectivity index is 1.86. The molecule has 0 aliphatic carbocycles. The molecular formula is C11H16BrN3O2. The Hall–Kier alpha value is -0.850. The fraction of sp³-hybridized carbons (Fsp3) is 0.545. The van der Waals surface area contributed by atoms with Gasteiger partial charge in [-0.25, -0.2) is 0 Å². The third kappa shape index (κ3) is 3.31. The van der Waals surface area contributed by atoms with Gasteiger partial charge in [0.2, 0.25) is 0 Å². The molecule has 0 radical (unpaired) electrons. The molecule has 1 aromatic rings. The maximum atomic E-state index is 11.9. The minimum atomic E-state index is -0.0765. The van der Waals surface area contributed by atoms with Crippen molar-refractivity contribution in [1.29, 1.82) is 0 Å². The number of ether oxygens (including phenoxy) is 1. The lowest BCUT2D eigenvalue weighted by Crippen LogP contribution is -2.45. The maximum absolute atomic E-state index is 11.9. The van der Waals surface area contributed by atoms with Crippen molar-refractivity contribution in [3.63, 3.8) is 0 Å². The van der Waals surface area contributed by atoms with Crippen LogP contribution in [0.3, 0.4) is 0 Å². The highest BCUT2D eigenvalue weighted by Gasteiger charge is 2.16. The van der Waals surface area contributed by atoms with Crippen LogP contribution in [0.4, 0.5) is 0 Å². The zero-order valence-corrected chi connectivity index (χ0v) is 11.3. The highest BCUT2D eigenvalue weighted by molar-refractivity contribution is 9.10. The summed E-state index contributed by atoms with van der Waals surface area (Å²) in [7, 11) is 1.85. The second kappa shape index (κ2) is 5.66. The molecule has 94 valence electrons. The van der Waals surface area contributed by atoms with Gasteiger partial charge in [0, 0.05) is 37.4 Å². The number of nitrogens with one attached hydrogen (secondary N) is 2. The zero-order valence-electron chi connectivity index (χ0n) is 9.70. The molecule has 1 unspecified atom stereocenters. The highest BCUT2D eigenvalue weighted by atomic mass is 79.9. The van der Waals surface area contributed by atoms with E-state index in [1.54, 1.807) is 10.6 Å². The average Bonchev–Trinajstić information content (AvgIpc) is 2.67. The van der Waals surface area contributed by atoms with Gasteiger partial charge in [-0.2, -0.15) is 0 Å². The van der Waals surface area contributed by atoms with E-state index in [0.717, 1.165) is 17.6 Å². The van der Waals surface area contributed by atoms with E-state index in [-0.39, 0.29) is 12.0 Å². The first-order valence-electron chi connectivity index (χ1n) is 5.59. The molecular weight excluding hydrogens is 286 g/mol. The molecule has 17 heavy (non-hydrogen) atoms. The number of carbonyl (C=O) groups is 1. The van der Waals surface area contributed by atoms with Crippen molar-refractivity contribution in [2.75, 3.05) is 26.2 Å². The van der Waals surface area contributed by atoms with Crippen LogP contribution in [0.25, 0.3) is 0 Å². The monoisotopic (exact) mass is 301 g/mol. The molecule has 2 rings (SSSR count). The first-order valence-corrected chi connectivity index (χ1v) is 6.38. The van der Waals surface area contributed by atoms with Crippen LogP contribution in [0.5, 0.6) is 0 Å². The molecule has 1 amide bonds. The second-order valence-electron chi connectivity index (χ2n) is 4.06. The Morgan fingerprint density at radius 1 is 1.76 bits per heavy atom. The molecule has 0 spiro atoms. The van der Waals surface area contributed by atoms with Crippen molar-refractivity contribution in [3.8, 4) is 0 Å². The molecule has 1 aliphatic heterocycles. The van der Waals surface area contributed by atoms with Crippen molar-refractivity contribution < 1.29 is 9.53 Å². The minimum Gasteiger partial charge on any atom is -0.374 e. The number of rotatable bonds is 3. The summed E-state index contributed by atoms with van der Waals surface area (Å²) in [6.45, 7) is 2.91. The number of aromatic nitrogens is 1. The number of carbonyl (C=O) groups excluding carboxylic acids is 1. The Morgan fingerprint density at radius 2 is 2.59 bits per heavy atom. The smallest absolute Gasteiger partial charge is 0.268 e. The van der Waals surface area contributed by atoms with Crippen LogP contribution in [0, 0.1) is 0 Å². The first kappa shape index (κ1) is 12.6. The summed E-state index contributed by atoms with van der Waals surface area (Å²) in [5.74, 6) is -0.0765. The van der Waals surface area contributed by atoms with Gasteiger partial charge in [-0.05, 0) is 22.0 Å². The molecule has 1 aliphatic rings. The summed E-state index contributed by atoms with van der Waals surface area (Å²) in [6.07, 6.45) is 1.92. The number of halogens is 1. The minimum absolute atomic E-state index is 0.0661. The van der Waals surface area contributed by atoms with E-state index in [4.69, 9.17) is 4.74 Å². The number of hydrogen-bond donors (Lipinski definition) is 2. The van der Waals surface area contributed by atoms with E-state index in [9.17, 15) is 4.79 Å². The Kier molecular flexibility index (Phi) is 4.20. The normalized spacial score (nSPS) is 20.2. The quantitative estimate of drug-likeness (QED) is 0.855. The molecule has 1 fully saturated rings. The Labute approximate surface area is 109 Å². The SMILES string of the molecule is Cn1cc(Br)cc1C(=O)NCC1CNCCO1. The van der Waals surface area contributed by atoms with Gasteiger partial charge in [-0.1, -0.05) is 0 Å². The molecule has 0 saturated carbocycles. The zero-order chi connectivity index (χ0) is 12.3. The lowest BCUT2D eigenvalue weighted by molar-refractivity contribution is 0.0286. The number of aryl methyl sites for hydroxylation is 1. The molecule has 2 heterocycles. The summed E-state index contributed by atoms with van der Waals surface area (Å²) in [4.78, 5) is 11.9. The Bertz CT molecular complexity index is 399. The van der Waals surface area contributed by atoms with Crippen molar-refractivity contribution in [1.82, 2.24) is 15.2 Å². The molecule has 1 atom stereocenters. The summed E-state index contributed by atoms with van der Waals surface area (Å²) in [6, 6.07) is 1.80. The van der Waals surface area contributed by atoms with Crippen molar-refractivity contribution >= 4 is 21.8 Å². The van der Waals surface area contributed by atoms with Crippen LogP contribution in [-0.2, 0) is 11.8 Å². The number of nitrogens with zero attached hydrogens (tertiary/aromatic N) is 1. The molecule has 0 bridgehead atoms. The lowest BCUT2D eigenvalue weighted by atomic mass is 10.3. The topological polar surface area (TPSA) is 55.3 Å². The molecule has 5 nitrogen and oxygen atoms in total. The van der Waals surface area contributed by atoms with E-state index in [2.05, 4.69) is 26.6 Å². The van der Waals surface area contributed by atoms with Crippen LogP contribution in [0.2, 0.25) is 0 Å². The number of hydrogen-bond acceptors (Lipinski definition) is 3. The van der Waals surface area contributed by atoms with Gasteiger partial charge in [0.1, 0.15) is 5.69 Å². The third-order valence-corrected chi connectivity index (χ3v) is 3.13. The van der Waals surface area contributed by atoms with Crippen molar-refractivity contribution in [3.05, 3.63) is 22.4 Å². The van der Waals surface area contributed by atoms with Gasteiger partial charge in [0.25, 0.3) is 5.91 Å². The predicted octanol–water partition coefficient (Wildman–Crippen LogP) is 0.506. The largest absolute Gasteiger partial charge is 0.374 e. The van der Waals surface area contributed by atoms with Crippen LogP contribution >= 0.6 is 15.9 Å². The number of amides is 1. The van der Waals surface area contributed by atoms with Crippen LogP contribution in [0.1, 0.15) is 10.5 Å². The van der Waals surface area contributed by atoms with E-state index in [1.165, 1.54) is 0 Å². The highest BCUT2D eigenvalue weighted by Crippen LogP contribution is 2.13. The third-order valence-electron chi connectivity index (χ3n) is 2.70. The second-order valence-corrected chi connectivity index (χ2v) is 4.98. The van der Waals surface area contributed by atoms with Crippen LogP contribution in [-0.4, -0.2) is 42.8 Å². The molecule has 1 aromatic heterocycles. The molecule has 6 heteroatoms. The van der Waals surface area contributed by atoms with E-state index in [1.807, 2.05) is 13.2 Å². The fourth-order valence-electron chi connectivity index (χ4n) is 1.80. The van der Waals surface area contributed by atoms with E-state index < -0.39 is 0 Å². The first-order chi connectivity index (χ1) is 8.16. The van der Waals surface area contributed by atoms with Crippen molar-refractivity contribution in [2.24, 2.45) is 7.05 Å².